The molecule has 2 aromatic rings. The van der Waals surface area contributed by atoms with Gasteiger partial charge in [0.1, 0.15) is 0 Å². The summed E-state index contributed by atoms with van der Waals surface area (Å²) in [6.45, 7) is 2.95. The van der Waals surface area contributed by atoms with Crippen LogP contribution < -0.4 is 11.1 Å². The van der Waals surface area contributed by atoms with E-state index in [1.165, 1.54) is 11.1 Å². The van der Waals surface area contributed by atoms with E-state index in [-0.39, 0.29) is 0 Å². The Morgan fingerprint density at radius 1 is 1.12 bits per heavy atom. The zero-order valence-corrected chi connectivity index (χ0v) is 9.98. The summed E-state index contributed by atoms with van der Waals surface area (Å²) in [6, 6.07) is 10.5. The number of hydrogen-bond donors (Lipinski definition) is 2. The number of benzene rings is 1. The normalized spacial score (nSPS) is 10.2. The molecule has 0 fully saturated rings. The van der Waals surface area contributed by atoms with Gasteiger partial charge in [-0.2, -0.15) is 0 Å². The fourth-order valence-electron chi connectivity index (χ4n) is 1.65. The quantitative estimate of drug-likeness (QED) is 0.844. The monoisotopic (exact) mass is 227 g/mol. The van der Waals surface area contributed by atoms with Crippen molar-refractivity contribution in [3.8, 4) is 0 Å². The second-order valence-corrected chi connectivity index (χ2v) is 4.03. The second-order valence-electron chi connectivity index (χ2n) is 4.03. The molecule has 0 saturated carbocycles. The molecule has 1 aromatic heterocycles. The molecule has 0 aliphatic carbocycles. The lowest BCUT2D eigenvalue weighted by molar-refractivity contribution is 1.10. The van der Waals surface area contributed by atoms with E-state index in [9.17, 15) is 0 Å². The first-order valence-electron chi connectivity index (χ1n) is 5.80. The van der Waals surface area contributed by atoms with Gasteiger partial charge in [-0.1, -0.05) is 31.2 Å². The third kappa shape index (κ3) is 3.21. The molecule has 0 saturated heterocycles. The third-order valence-corrected chi connectivity index (χ3v) is 2.69. The van der Waals surface area contributed by atoms with Gasteiger partial charge in [-0.15, -0.1) is 0 Å². The largest absolute Gasteiger partial charge is 0.397 e. The number of hydrogen-bond acceptors (Lipinski definition) is 3. The molecule has 0 spiro atoms. The minimum absolute atomic E-state index is 0.677. The molecule has 1 aromatic carbocycles. The topological polar surface area (TPSA) is 50.9 Å². The summed E-state index contributed by atoms with van der Waals surface area (Å²) in [5.74, 6) is 0. The van der Waals surface area contributed by atoms with E-state index in [0.717, 1.165) is 18.7 Å². The number of anilines is 2. The Morgan fingerprint density at radius 2 is 1.82 bits per heavy atom. The third-order valence-electron chi connectivity index (χ3n) is 2.69. The van der Waals surface area contributed by atoms with Gasteiger partial charge in [0.2, 0.25) is 0 Å². The molecule has 0 radical (unpaired) electrons. The van der Waals surface area contributed by atoms with E-state index in [4.69, 9.17) is 5.73 Å². The Morgan fingerprint density at radius 3 is 2.47 bits per heavy atom. The first-order chi connectivity index (χ1) is 8.28. The van der Waals surface area contributed by atoms with Crippen LogP contribution in [0, 0.1) is 0 Å². The summed E-state index contributed by atoms with van der Waals surface area (Å²) in [7, 11) is 0. The zero-order chi connectivity index (χ0) is 12.1. The molecule has 3 heteroatoms. The van der Waals surface area contributed by atoms with Gasteiger partial charge in [0.05, 0.1) is 17.6 Å². The van der Waals surface area contributed by atoms with Gasteiger partial charge in [0.25, 0.3) is 0 Å². The fourth-order valence-corrected chi connectivity index (χ4v) is 1.65. The number of pyridine rings is 1. The van der Waals surface area contributed by atoms with Gasteiger partial charge in [-0.05, 0) is 23.6 Å². The Labute approximate surface area is 102 Å². The van der Waals surface area contributed by atoms with Gasteiger partial charge < -0.3 is 11.1 Å². The van der Waals surface area contributed by atoms with Crippen LogP contribution in [0.1, 0.15) is 18.1 Å². The van der Waals surface area contributed by atoms with Crippen molar-refractivity contribution in [3.05, 3.63) is 53.9 Å². The molecule has 0 aliphatic rings. The maximum Gasteiger partial charge on any atom is 0.0550 e. The van der Waals surface area contributed by atoms with Crippen LogP contribution in [-0.2, 0) is 13.0 Å². The van der Waals surface area contributed by atoms with Gasteiger partial charge >= 0.3 is 0 Å². The number of aromatic nitrogens is 1. The van der Waals surface area contributed by atoms with Crippen molar-refractivity contribution < 1.29 is 0 Å². The average Bonchev–Trinajstić information content (AvgIpc) is 2.37. The Balaban J connectivity index is 1.97. The number of aryl methyl sites for hydroxylation is 1. The van der Waals surface area contributed by atoms with Crippen LogP contribution in [0.25, 0.3) is 0 Å². The molecule has 0 aliphatic heterocycles. The lowest BCUT2D eigenvalue weighted by Gasteiger charge is -2.07. The summed E-state index contributed by atoms with van der Waals surface area (Å²) >= 11 is 0. The highest BCUT2D eigenvalue weighted by molar-refractivity contribution is 5.51. The van der Waals surface area contributed by atoms with Crippen LogP contribution in [0.15, 0.2) is 42.7 Å². The summed E-state index contributed by atoms with van der Waals surface area (Å²) < 4.78 is 0. The summed E-state index contributed by atoms with van der Waals surface area (Å²) in [4.78, 5) is 4.04. The predicted octanol–water partition coefficient (Wildman–Crippen LogP) is 2.84. The van der Waals surface area contributed by atoms with Crippen LogP contribution in [0.2, 0.25) is 0 Å². The number of nitrogens with zero attached hydrogens (tertiary/aromatic N) is 1. The lowest BCUT2D eigenvalue weighted by Crippen LogP contribution is -2.00. The van der Waals surface area contributed by atoms with Crippen molar-refractivity contribution in [2.75, 3.05) is 11.1 Å². The fraction of sp³-hybridized carbons (Fsp3) is 0.214. The number of nitrogens with one attached hydrogen (secondary N) is 1. The Bertz CT molecular complexity index is 477. The number of nitrogens with two attached hydrogens (primary N) is 1. The first kappa shape index (κ1) is 11.5. The SMILES string of the molecule is CCc1ccc(CNc2cncc(N)c2)cc1. The van der Waals surface area contributed by atoms with E-state index in [0.29, 0.717) is 5.69 Å². The molecule has 2 rings (SSSR count). The van der Waals surface area contributed by atoms with Crippen molar-refractivity contribution >= 4 is 11.4 Å². The van der Waals surface area contributed by atoms with Crippen LogP contribution >= 0.6 is 0 Å². The molecule has 3 N–H and O–H groups in total. The average molecular weight is 227 g/mol. The highest BCUT2D eigenvalue weighted by Gasteiger charge is 1.96. The van der Waals surface area contributed by atoms with Crippen molar-refractivity contribution in [1.29, 1.82) is 0 Å². The minimum atomic E-state index is 0.677. The van der Waals surface area contributed by atoms with E-state index < -0.39 is 0 Å². The molecule has 0 unspecified atom stereocenters. The maximum atomic E-state index is 5.66. The summed E-state index contributed by atoms with van der Waals surface area (Å²) in [6.07, 6.45) is 4.49. The Kier molecular flexibility index (Phi) is 3.60. The molecule has 0 atom stereocenters. The molecular weight excluding hydrogens is 210 g/mol. The Hall–Kier alpha value is -2.03. The van der Waals surface area contributed by atoms with Gasteiger partial charge in [0.15, 0.2) is 0 Å². The molecule has 17 heavy (non-hydrogen) atoms. The number of rotatable bonds is 4. The highest BCUT2D eigenvalue weighted by atomic mass is 14.9. The lowest BCUT2D eigenvalue weighted by atomic mass is 10.1. The van der Waals surface area contributed by atoms with Crippen LogP contribution in [0.4, 0.5) is 11.4 Å². The van der Waals surface area contributed by atoms with Crippen molar-refractivity contribution in [3.63, 3.8) is 0 Å². The van der Waals surface area contributed by atoms with Crippen LogP contribution in [0.5, 0.6) is 0 Å². The highest BCUT2D eigenvalue weighted by Crippen LogP contribution is 2.12. The standard InChI is InChI=1S/C14H17N3/c1-2-11-3-5-12(6-4-11)8-17-14-7-13(15)9-16-10-14/h3-7,9-10,17H,2,8,15H2,1H3. The van der Waals surface area contributed by atoms with Gasteiger partial charge in [-0.3, -0.25) is 4.98 Å². The predicted molar refractivity (Wildman–Crippen MR) is 71.8 cm³/mol. The van der Waals surface area contributed by atoms with Crippen molar-refractivity contribution in [1.82, 2.24) is 4.98 Å². The first-order valence-corrected chi connectivity index (χ1v) is 5.80. The van der Waals surface area contributed by atoms with Crippen molar-refractivity contribution in [2.45, 2.75) is 19.9 Å². The smallest absolute Gasteiger partial charge is 0.0550 e. The van der Waals surface area contributed by atoms with Crippen molar-refractivity contribution in [2.24, 2.45) is 0 Å². The van der Waals surface area contributed by atoms with E-state index >= 15 is 0 Å². The van der Waals surface area contributed by atoms with E-state index in [2.05, 4.69) is 41.5 Å². The van der Waals surface area contributed by atoms with Crippen LogP contribution in [0.3, 0.4) is 0 Å². The molecule has 0 amide bonds. The molecule has 0 bridgehead atoms. The molecule has 1 heterocycles. The summed E-state index contributed by atoms with van der Waals surface area (Å²) in [5.41, 5.74) is 9.90. The van der Waals surface area contributed by atoms with E-state index in [1.807, 2.05) is 6.07 Å². The summed E-state index contributed by atoms with van der Waals surface area (Å²) in [5, 5.41) is 3.30. The minimum Gasteiger partial charge on any atom is -0.397 e. The number of nitrogen functional groups attached to an aromatic ring is 1. The zero-order valence-electron chi connectivity index (χ0n) is 9.98. The molecule has 88 valence electrons. The molecule has 3 nitrogen and oxygen atoms in total. The van der Waals surface area contributed by atoms with E-state index in [1.54, 1.807) is 12.4 Å². The van der Waals surface area contributed by atoms with Crippen LogP contribution in [-0.4, -0.2) is 4.98 Å². The molecular formula is C14H17N3. The maximum absolute atomic E-state index is 5.66. The second kappa shape index (κ2) is 5.34. The van der Waals surface area contributed by atoms with Gasteiger partial charge in [-0.25, -0.2) is 0 Å². The van der Waals surface area contributed by atoms with Gasteiger partial charge in [0, 0.05) is 12.7 Å².